The third-order valence-corrected chi connectivity index (χ3v) is 7.43. The quantitative estimate of drug-likeness (QED) is 0.367. The normalized spacial score (nSPS) is 26.5. The van der Waals surface area contributed by atoms with E-state index in [4.69, 9.17) is 18.9 Å². The second kappa shape index (κ2) is 9.44. The predicted octanol–water partition coefficient (Wildman–Crippen LogP) is 4.96. The number of hydrogen-bond donors (Lipinski definition) is 1. The SMILES string of the molecule is C=C1[C@H](O)[C@@H]2OC(C)(C)O[C@@H]2[C@@]1(C#N)COC(c1ccccc1)(c1ccccc1)c1ccc(OC)cc1. The van der Waals surface area contributed by atoms with Gasteiger partial charge in [0.05, 0.1) is 19.8 Å². The highest BCUT2D eigenvalue weighted by Crippen LogP contribution is 2.53. The van der Waals surface area contributed by atoms with Crippen LogP contribution in [0.2, 0.25) is 0 Å². The summed E-state index contributed by atoms with van der Waals surface area (Å²) in [6, 6.07) is 29.9. The second-order valence-corrected chi connectivity index (χ2v) is 10.0. The van der Waals surface area contributed by atoms with Crippen LogP contribution in [0.15, 0.2) is 97.1 Å². The van der Waals surface area contributed by atoms with E-state index in [2.05, 4.69) is 12.6 Å². The number of methoxy groups -OCH3 is 1. The Bertz CT molecular complexity index is 1260. The fourth-order valence-corrected chi connectivity index (χ4v) is 5.53. The number of rotatable bonds is 7. The zero-order valence-corrected chi connectivity index (χ0v) is 21.3. The number of nitriles is 1. The number of fused-ring (bicyclic) bond motifs is 1. The lowest BCUT2D eigenvalue weighted by Crippen LogP contribution is -2.43. The van der Waals surface area contributed by atoms with Gasteiger partial charge in [0.1, 0.15) is 35.1 Å². The van der Waals surface area contributed by atoms with Crippen molar-refractivity contribution >= 4 is 0 Å². The zero-order chi connectivity index (χ0) is 26.3. The summed E-state index contributed by atoms with van der Waals surface area (Å²) in [5.41, 5.74) is 0.595. The Balaban J connectivity index is 1.66. The third-order valence-electron chi connectivity index (χ3n) is 7.43. The van der Waals surface area contributed by atoms with Gasteiger partial charge in [-0.05, 0) is 48.2 Å². The molecule has 3 aromatic carbocycles. The number of benzene rings is 3. The fraction of sp³-hybridized carbons (Fsp3) is 0.323. The molecule has 5 rings (SSSR count). The minimum atomic E-state index is -1.32. The molecule has 0 bridgehead atoms. The Hall–Kier alpha value is -3.47. The van der Waals surface area contributed by atoms with E-state index in [1.807, 2.05) is 84.9 Å². The first kappa shape index (κ1) is 25.2. The van der Waals surface area contributed by atoms with Gasteiger partial charge in [-0.1, -0.05) is 79.4 Å². The van der Waals surface area contributed by atoms with Gasteiger partial charge in [-0.15, -0.1) is 0 Å². The van der Waals surface area contributed by atoms with Gasteiger partial charge in [-0.2, -0.15) is 5.26 Å². The lowest BCUT2D eigenvalue weighted by Gasteiger charge is -2.39. The van der Waals surface area contributed by atoms with E-state index in [1.165, 1.54) is 0 Å². The van der Waals surface area contributed by atoms with Crippen molar-refractivity contribution in [3.8, 4) is 11.8 Å². The van der Waals surface area contributed by atoms with Crippen LogP contribution in [-0.4, -0.2) is 42.9 Å². The van der Waals surface area contributed by atoms with Gasteiger partial charge in [0, 0.05) is 0 Å². The van der Waals surface area contributed by atoms with Crippen LogP contribution in [0.4, 0.5) is 0 Å². The average Bonchev–Trinajstić information content (AvgIpc) is 3.35. The standard InChI is InChI=1S/C31H31NO5/c1-21-26(33)27-28(37-29(2,3)36-27)30(21,19-32)20-35-31(22-11-7-5-8-12-22,23-13-9-6-10-14-23)24-15-17-25(34-4)18-16-24/h5-18,26-28,33H,1,20H2,2-4H3/t26-,27-,28-,30-/m0/s1. The molecule has 0 spiro atoms. The van der Waals surface area contributed by atoms with Gasteiger partial charge in [-0.3, -0.25) is 0 Å². The summed E-state index contributed by atoms with van der Waals surface area (Å²) in [6.45, 7) is 7.58. The molecule has 0 aromatic heterocycles. The maximum Gasteiger partial charge on any atom is 0.164 e. The van der Waals surface area contributed by atoms with Crippen molar-refractivity contribution in [1.29, 1.82) is 5.26 Å². The summed E-state index contributed by atoms with van der Waals surface area (Å²) in [5, 5.41) is 21.5. The number of hydrogen-bond acceptors (Lipinski definition) is 6. The van der Waals surface area contributed by atoms with Crippen molar-refractivity contribution < 1.29 is 24.1 Å². The Morgan fingerprint density at radius 3 is 1.97 bits per heavy atom. The fourth-order valence-electron chi connectivity index (χ4n) is 5.53. The van der Waals surface area contributed by atoms with Crippen LogP contribution >= 0.6 is 0 Å². The van der Waals surface area contributed by atoms with E-state index in [-0.39, 0.29) is 6.61 Å². The molecular weight excluding hydrogens is 466 g/mol. The van der Waals surface area contributed by atoms with E-state index in [9.17, 15) is 10.4 Å². The van der Waals surface area contributed by atoms with Gasteiger partial charge in [0.2, 0.25) is 0 Å². The van der Waals surface area contributed by atoms with Crippen molar-refractivity contribution in [2.75, 3.05) is 13.7 Å². The second-order valence-electron chi connectivity index (χ2n) is 10.0. The predicted molar refractivity (Wildman–Crippen MR) is 139 cm³/mol. The van der Waals surface area contributed by atoms with Crippen LogP contribution in [0.5, 0.6) is 5.75 Å². The van der Waals surface area contributed by atoms with Crippen LogP contribution in [0.25, 0.3) is 0 Å². The highest BCUT2D eigenvalue weighted by molar-refractivity contribution is 5.49. The van der Waals surface area contributed by atoms with Gasteiger partial charge in [0.25, 0.3) is 0 Å². The highest BCUT2D eigenvalue weighted by atomic mass is 16.8. The molecule has 0 radical (unpaired) electrons. The largest absolute Gasteiger partial charge is 0.497 e. The smallest absolute Gasteiger partial charge is 0.164 e. The topological polar surface area (TPSA) is 80.9 Å². The van der Waals surface area contributed by atoms with E-state index < -0.39 is 35.1 Å². The molecule has 2 aliphatic rings. The summed E-state index contributed by atoms with van der Waals surface area (Å²) < 4.78 is 24.5. The molecule has 1 heterocycles. The molecule has 2 fully saturated rings. The van der Waals surface area contributed by atoms with Crippen molar-refractivity contribution in [3.05, 3.63) is 114 Å². The lowest BCUT2D eigenvalue weighted by molar-refractivity contribution is -0.168. The minimum absolute atomic E-state index is 0.0736. The summed E-state index contributed by atoms with van der Waals surface area (Å²) in [4.78, 5) is 0. The van der Waals surface area contributed by atoms with Gasteiger partial charge in [-0.25, -0.2) is 0 Å². The number of nitrogens with zero attached hydrogens (tertiary/aromatic N) is 1. The third kappa shape index (κ3) is 4.05. The van der Waals surface area contributed by atoms with Crippen LogP contribution in [0.1, 0.15) is 30.5 Å². The molecule has 4 atom stereocenters. The Labute approximate surface area is 217 Å². The van der Waals surface area contributed by atoms with Crippen LogP contribution in [-0.2, 0) is 19.8 Å². The zero-order valence-electron chi connectivity index (χ0n) is 21.3. The lowest BCUT2D eigenvalue weighted by atomic mass is 9.78. The van der Waals surface area contributed by atoms with Crippen molar-refractivity contribution in [2.45, 2.75) is 43.5 Å². The summed E-state index contributed by atoms with van der Waals surface area (Å²) in [6.07, 6.45) is -2.47. The molecule has 37 heavy (non-hydrogen) atoms. The van der Waals surface area contributed by atoms with Crippen LogP contribution < -0.4 is 4.74 Å². The van der Waals surface area contributed by atoms with Crippen LogP contribution in [0, 0.1) is 16.7 Å². The van der Waals surface area contributed by atoms with E-state index in [1.54, 1.807) is 21.0 Å². The Kier molecular flexibility index (Phi) is 6.43. The van der Waals surface area contributed by atoms with Crippen molar-refractivity contribution in [3.63, 3.8) is 0 Å². The number of aliphatic hydroxyl groups is 1. The number of aliphatic hydroxyl groups excluding tert-OH is 1. The van der Waals surface area contributed by atoms with E-state index in [0.717, 1.165) is 22.4 Å². The molecule has 6 nitrogen and oxygen atoms in total. The van der Waals surface area contributed by atoms with E-state index in [0.29, 0.717) is 5.57 Å². The molecule has 1 saturated heterocycles. The van der Waals surface area contributed by atoms with Gasteiger partial charge < -0.3 is 24.1 Å². The molecule has 1 N–H and O–H groups in total. The molecule has 1 aliphatic carbocycles. The van der Waals surface area contributed by atoms with Crippen LogP contribution in [0.3, 0.4) is 0 Å². The molecule has 190 valence electrons. The summed E-state index contributed by atoms with van der Waals surface area (Å²) in [7, 11) is 1.63. The van der Waals surface area contributed by atoms with Gasteiger partial charge >= 0.3 is 0 Å². The maximum atomic E-state index is 11.0. The molecule has 3 aromatic rings. The molecular formula is C31H31NO5. The van der Waals surface area contributed by atoms with Crippen molar-refractivity contribution in [1.82, 2.24) is 0 Å². The molecule has 6 heteroatoms. The number of ether oxygens (including phenoxy) is 4. The molecule has 0 unspecified atom stereocenters. The van der Waals surface area contributed by atoms with Crippen molar-refractivity contribution in [2.24, 2.45) is 5.41 Å². The first-order valence-corrected chi connectivity index (χ1v) is 12.3. The summed E-state index contributed by atoms with van der Waals surface area (Å²) in [5.74, 6) is -0.216. The first-order chi connectivity index (χ1) is 17.8. The Morgan fingerprint density at radius 2 is 1.46 bits per heavy atom. The molecule has 1 aliphatic heterocycles. The monoisotopic (exact) mass is 497 g/mol. The highest BCUT2D eigenvalue weighted by Gasteiger charge is 2.65. The minimum Gasteiger partial charge on any atom is -0.497 e. The van der Waals surface area contributed by atoms with Gasteiger partial charge in [0.15, 0.2) is 5.79 Å². The summed E-state index contributed by atoms with van der Waals surface area (Å²) >= 11 is 0. The molecule has 1 saturated carbocycles. The van der Waals surface area contributed by atoms with E-state index >= 15 is 0 Å². The molecule has 0 amide bonds. The Morgan fingerprint density at radius 1 is 0.919 bits per heavy atom. The first-order valence-electron chi connectivity index (χ1n) is 12.3. The maximum absolute atomic E-state index is 11.0. The average molecular weight is 498 g/mol.